The van der Waals surface area contributed by atoms with Gasteiger partial charge in [0.25, 0.3) is 0 Å². The summed E-state index contributed by atoms with van der Waals surface area (Å²) in [5.74, 6) is 0.480. The number of fused-ring (bicyclic) bond motifs is 2. The van der Waals surface area contributed by atoms with Gasteiger partial charge in [0, 0.05) is 17.4 Å². The van der Waals surface area contributed by atoms with Crippen molar-refractivity contribution in [2.75, 3.05) is 10.7 Å². The molecule has 5 rings (SSSR count). The monoisotopic (exact) mass is 399 g/mol. The molecular weight excluding hydrogens is 378 g/mol. The Morgan fingerprint density at radius 1 is 1.00 bits per heavy atom. The van der Waals surface area contributed by atoms with E-state index in [1.807, 2.05) is 59.5 Å². The molecule has 0 fully saturated rings. The zero-order valence-corrected chi connectivity index (χ0v) is 17.0. The molecule has 2 heterocycles. The van der Waals surface area contributed by atoms with Crippen LogP contribution in [-0.2, 0) is 11.2 Å². The van der Waals surface area contributed by atoms with Crippen molar-refractivity contribution in [1.82, 2.24) is 9.55 Å². The van der Waals surface area contributed by atoms with E-state index in [-0.39, 0.29) is 11.9 Å². The highest BCUT2D eigenvalue weighted by Crippen LogP contribution is 2.33. The van der Waals surface area contributed by atoms with Gasteiger partial charge in [0.2, 0.25) is 5.91 Å². The quantitative estimate of drug-likeness (QED) is 0.448. The minimum Gasteiger partial charge on any atom is -0.308 e. The topological polar surface area (TPSA) is 38.1 Å². The van der Waals surface area contributed by atoms with Crippen molar-refractivity contribution in [3.8, 4) is 5.69 Å². The first-order valence-electron chi connectivity index (χ1n) is 9.78. The van der Waals surface area contributed by atoms with Crippen molar-refractivity contribution >= 4 is 34.4 Å². The van der Waals surface area contributed by atoms with Crippen LogP contribution in [0.5, 0.6) is 0 Å². The maximum absolute atomic E-state index is 13.1. The van der Waals surface area contributed by atoms with Crippen LogP contribution in [-0.4, -0.2) is 27.3 Å². The molecule has 1 aliphatic heterocycles. The molecule has 1 atom stereocenters. The third-order valence-electron chi connectivity index (χ3n) is 5.35. The van der Waals surface area contributed by atoms with Crippen LogP contribution in [0.3, 0.4) is 0 Å². The number of aromatic nitrogens is 2. The maximum Gasteiger partial charge on any atom is 0.237 e. The molecule has 3 aromatic carbocycles. The largest absolute Gasteiger partial charge is 0.308 e. The molecule has 0 spiro atoms. The molecule has 0 saturated carbocycles. The molecule has 5 heteroatoms. The normalized spacial score (nSPS) is 15.6. The third-order valence-corrected chi connectivity index (χ3v) is 6.27. The van der Waals surface area contributed by atoms with E-state index in [0.29, 0.717) is 5.75 Å². The van der Waals surface area contributed by atoms with Gasteiger partial charge in [-0.25, -0.2) is 4.98 Å². The Hall–Kier alpha value is -3.05. The number of rotatable bonds is 4. The number of carbonyl (C=O) groups is 1. The van der Waals surface area contributed by atoms with E-state index in [2.05, 4.69) is 35.8 Å². The maximum atomic E-state index is 13.1. The molecule has 0 radical (unpaired) electrons. The SMILES string of the molecule is C[C@H]1Cc2ccccc2N1C(=O)CSc1nc2ccccc2n1-c1ccccc1. The smallest absolute Gasteiger partial charge is 0.237 e. The fourth-order valence-corrected chi connectivity index (χ4v) is 4.96. The van der Waals surface area contributed by atoms with E-state index in [0.717, 1.165) is 34.0 Å². The van der Waals surface area contributed by atoms with Gasteiger partial charge in [-0.1, -0.05) is 60.3 Å². The lowest BCUT2D eigenvalue weighted by atomic mass is 10.1. The summed E-state index contributed by atoms with van der Waals surface area (Å²) in [5, 5.41) is 0.839. The molecule has 0 bridgehead atoms. The number of imidazole rings is 1. The number of hydrogen-bond donors (Lipinski definition) is 0. The van der Waals surface area contributed by atoms with Crippen LogP contribution in [0.25, 0.3) is 16.7 Å². The predicted molar refractivity (Wildman–Crippen MR) is 119 cm³/mol. The van der Waals surface area contributed by atoms with Crippen LogP contribution in [0, 0.1) is 0 Å². The lowest BCUT2D eigenvalue weighted by molar-refractivity contribution is -0.116. The van der Waals surface area contributed by atoms with Crippen LogP contribution >= 0.6 is 11.8 Å². The second kappa shape index (κ2) is 7.41. The standard InChI is InChI=1S/C24H21N3OS/c1-17-15-18-9-5-7-13-21(18)26(17)23(28)16-29-24-25-20-12-6-8-14-22(20)27(24)19-10-3-2-4-11-19/h2-14,17H,15-16H2,1H3/t17-/m0/s1. The molecule has 4 aromatic rings. The van der Waals surface area contributed by atoms with Crippen LogP contribution in [0.4, 0.5) is 5.69 Å². The van der Waals surface area contributed by atoms with Gasteiger partial charge in [0.05, 0.1) is 16.8 Å². The number of thioether (sulfide) groups is 1. The molecule has 144 valence electrons. The minimum absolute atomic E-state index is 0.124. The molecule has 1 aromatic heterocycles. The summed E-state index contributed by atoms with van der Waals surface area (Å²) in [7, 11) is 0. The number of benzene rings is 3. The van der Waals surface area contributed by atoms with E-state index in [4.69, 9.17) is 4.98 Å². The zero-order valence-electron chi connectivity index (χ0n) is 16.2. The van der Waals surface area contributed by atoms with E-state index in [1.165, 1.54) is 17.3 Å². The highest BCUT2D eigenvalue weighted by molar-refractivity contribution is 7.99. The number of amides is 1. The van der Waals surface area contributed by atoms with Gasteiger partial charge in [-0.2, -0.15) is 0 Å². The van der Waals surface area contributed by atoms with E-state index < -0.39 is 0 Å². The molecule has 1 aliphatic rings. The summed E-state index contributed by atoms with van der Waals surface area (Å²) >= 11 is 1.50. The van der Waals surface area contributed by atoms with E-state index >= 15 is 0 Å². The summed E-state index contributed by atoms with van der Waals surface area (Å²) in [6.07, 6.45) is 0.912. The van der Waals surface area contributed by atoms with Crippen molar-refractivity contribution in [3.63, 3.8) is 0 Å². The zero-order chi connectivity index (χ0) is 19.8. The molecule has 0 saturated heterocycles. The summed E-state index contributed by atoms with van der Waals surface area (Å²) in [6, 6.07) is 26.7. The molecule has 0 N–H and O–H groups in total. The van der Waals surface area contributed by atoms with E-state index in [1.54, 1.807) is 0 Å². The highest BCUT2D eigenvalue weighted by atomic mass is 32.2. The predicted octanol–water partition coefficient (Wildman–Crippen LogP) is 5.10. The number of hydrogen-bond acceptors (Lipinski definition) is 3. The van der Waals surface area contributed by atoms with Gasteiger partial charge < -0.3 is 4.90 Å². The lowest BCUT2D eigenvalue weighted by Gasteiger charge is -2.22. The second-order valence-corrected chi connectivity index (χ2v) is 8.23. The number of carbonyl (C=O) groups excluding carboxylic acids is 1. The first-order chi connectivity index (χ1) is 14.2. The summed E-state index contributed by atoms with van der Waals surface area (Å²) in [5.41, 5.74) is 5.33. The Morgan fingerprint density at radius 2 is 1.72 bits per heavy atom. The molecule has 0 unspecified atom stereocenters. The van der Waals surface area contributed by atoms with Crippen molar-refractivity contribution in [3.05, 3.63) is 84.4 Å². The van der Waals surface area contributed by atoms with Gasteiger partial charge in [-0.15, -0.1) is 0 Å². The average Bonchev–Trinajstić information content (AvgIpc) is 3.29. The lowest BCUT2D eigenvalue weighted by Crippen LogP contribution is -2.37. The molecule has 4 nitrogen and oxygen atoms in total. The van der Waals surface area contributed by atoms with Gasteiger partial charge in [0.1, 0.15) is 0 Å². The van der Waals surface area contributed by atoms with Crippen LogP contribution in [0.2, 0.25) is 0 Å². The second-order valence-electron chi connectivity index (χ2n) is 7.29. The van der Waals surface area contributed by atoms with Crippen molar-refractivity contribution in [2.24, 2.45) is 0 Å². The van der Waals surface area contributed by atoms with Gasteiger partial charge in [-0.3, -0.25) is 9.36 Å². The van der Waals surface area contributed by atoms with Crippen molar-refractivity contribution in [1.29, 1.82) is 0 Å². The fraction of sp³-hybridized carbons (Fsp3) is 0.167. The van der Waals surface area contributed by atoms with Gasteiger partial charge in [0.15, 0.2) is 5.16 Å². The first kappa shape index (κ1) is 18.0. The Morgan fingerprint density at radius 3 is 2.59 bits per heavy atom. The Labute approximate surface area is 174 Å². The molecule has 29 heavy (non-hydrogen) atoms. The van der Waals surface area contributed by atoms with E-state index in [9.17, 15) is 4.79 Å². The Kier molecular flexibility index (Phi) is 4.60. The molecular formula is C24H21N3OS. The Balaban J connectivity index is 1.45. The Bertz CT molecular complexity index is 1190. The summed E-state index contributed by atoms with van der Waals surface area (Å²) in [6.45, 7) is 2.11. The first-order valence-corrected chi connectivity index (χ1v) is 10.8. The summed E-state index contributed by atoms with van der Waals surface area (Å²) in [4.78, 5) is 19.9. The number of para-hydroxylation sites is 4. The van der Waals surface area contributed by atoms with Crippen LogP contribution in [0.15, 0.2) is 84.0 Å². The van der Waals surface area contributed by atoms with Gasteiger partial charge >= 0.3 is 0 Å². The summed E-state index contributed by atoms with van der Waals surface area (Å²) < 4.78 is 2.13. The van der Waals surface area contributed by atoms with Crippen LogP contribution < -0.4 is 4.90 Å². The number of nitrogens with zero attached hydrogens (tertiary/aromatic N) is 3. The van der Waals surface area contributed by atoms with Crippen LogP contribution in [0.1, 0.15) is 12.5 Å². The number of anilines is 1. The molecule has 0 aliphatic carbocycles. The van der Waals surface area contributed by atoms with Crippen molar-refractivity contribution < 1.29 is 4.79 Å². The fourth-order valence-electron chi connectivity index (χ4n) is 4.07. The van der Waals surface area contributed by atoms with Crippen molar-refractivity contribution in [2.45, 2.75) is 24.5 Å². The average molecular weight is 400 g/mol. The third kappa shape index (κ3) is 3.21. The highest BCUT2D eigenvalue weighted by Gasteiger charge is 2.30. The minimum atomic E-state index is 0.124. The van der Waals surface area contributed by atoms with Gasteiger partial charge in [-0.05, 0) is 49.2 Å². The molecule has 1 amide bonds.